The molecule has 152 valence electrons. The Bertz CT molecular complexity index is 869. The monoisotopic (exact) mass is 394 g/mol. The van der Waals surface area contributed by atoms with E-state index in [9.17, 15) is 14.4 Å². The molecule has 3 amide bonds. The SMILES string of the molecule is Cc1cccnc1NC(=O)C1CCCN(C(=O)CCNC(=O)c2ccccc2)C1. The Balaban J connectivity index is 1.47. The summed E-state index contributed by atoms with van der Waals surface area (Å²) in [5.41, 5.74) is 1.47. The highest BCUT2D eigenvalue weighted by molar-refractivity contribution is 5.94. The summed E-state index contributed by atoms with van der Waals surface area (Å²) < 4.78 is 0. The Morgan fingerprint density at radius 1 is 1.14 bits per heavy atom. The molecule has 1 aromatic carbocycles. The smallest absolute Gasteiger partial charge is 0.251 e. The molecular weight excluding hydrogens is 368 g/mol. The Labute approximate surface area is 170 Å². The summed E-state index contributed by atoms with van der Waals surface area (Å²) in [6.07, 6.45) is 3.38. The van der Waals surface area contributed by atoms with Gasteiger partial charge in [-0.25, -0.2) is 4.98 Å². The van der Waals surface area contributed by atoms with Crippen LogP contribution in [0.25, 0.3) is 0 Å². The Kier molecular flexibility index (Phi) is 6.94. The number of carbonyl (C=O) groups excluding carboxylic acids is 3. The molecule has 1 saturated heterocycles. The topological polar surface area (TPSA) is 91.4 Å². The van der Waals surface area contributed by atoms with Crippen molar-refractivity contribution in [3.05, 3.63) is 59.8 Å². The zero-order valence-corrected chi connectivity index (χ0v) is 16.6. The molecule has 1 atom stereocenters. The first-order valence-electron chi connectivity index (χ1n) is 9.88. The van der Waals surface area contributed by atoms with Crippen LogP contribution in [0.1, 0.15) is 35.2 Å². The number of nitrogens with one attached hydrogen (secondary N) is 2. The van der Waals surface area contributed by atoms with E-state index in [0.29, 0.717) is 24.5 Å². The molecule has 7 nitrogen and oxygen atoms in total. The molecule has 0 spiro atoms. The van der Waals surface area contributed by atoms with Crippen molar-refractivity contribution in [2.75, 3.05) is 25.0 Å². The van der Waals surface area contributed by atoms with Crippen LogP contribution in [-0.4, -0.2) is 47.2 Å². The molecule has 1 aliphatic heterocycles. The van der Waals surface area contributed by atoms with Gasteiger partial charge >= 0.3 is 0 Å². The van der Waals surface area contributed by atoms with Crippen LogP contribution in [0.4, 0.5) is 5.82 Å². The molecule has 1 unspecified atom stereocenters. The van der Waals surface area contributed by atoms with Crippen molar-refractivity contribution >= 4 is 23.5 Å². The number of rotatable bonds is 6. The number of aryl methyl sites for hydroxylation is 1. The van der Waals surface area contributed by atoms with Gasteiger partial charge in [-0.1, -0.05) is 24.3 Å². The Hall–Kier alpha value is -3.22. The van der Waals surface area contributed by atoms with Gasteiger partial charge in [-0.2, -0.15) is 0 Å². The maximum Gasteiger partial charge on any atom is 0.251 e. The van der Waals surface area contributed by atoms with E-state index in [4.69, 9.17) is 0 Å². The van der Waals surface area contributed by atoms with Crippen molar-refractivity contribution < 1.29 is 14.4 Å². The average Bonchev–Trinajstić information content (AvgIpc) is 2.76. The van der Waals surface area contributed by atoms with Gasteiger partial charge in [-0.3, -0.25) is 14.4 Å². The highest BCUT2D eigenvalue weighted by atomic mass is 16.2. The van der Waals surface area contributed by atoms with Gasteiger partial charge in [0.15, 0.2) is 0 Å². The van der Waals surface area contributed by atoms with Crippen LogP contribution >= 0.6 is 0 Å². The third-order valence-corrected chi connectivity index (χ3v) is 5.06. The predicted molar refractivity (Wildman–Crippen MR) is 110 cm³/mol. The van der Waals surface area contributed by atoms with Gasteiger partial charge in [0.2, 0.25) is 11.8 Å². The summed E-state index contributed by atoms with van der Waals surface area (Å²) in [4.78, 5) is 43.1. The lowest BCUT2D eigenvalue weighted by Crippen LogP contribution is -2.44. The van der Waals surface area contributed by atoms with Gasteiger partial charge in [-0.15, -0.1) is 0 Å². The minimum absolute atomic E-state index is 0.0510. The molecule has 29 heavy (non-hydrogen) atoms. The summed E-state index contributed by atoms with van der Waals surface area (Å²) in [6.45, 7) is 3.19. The lowest BCUT2D eigenvalue weighted by Gasteiger charge is -2.32. The number of amides is 3. The van der Waals surface area contributed by atoms with E-state index in [1.807, 2.05) is 25.1 Å². The predicted octanol–water partition coefficient (Wildman–Crippen LogP) is 2.39. The molecule has 0 radical (unpaired) electrons. The molecule has 2 heterocycles. The average molecular weight is 394 g/mol. The van der Waals surface area contributed by atoms with Gasteiger partial charge in [-0.05, 0) is 43.5 Å². The fourth-order valence-corrected chi connectivity index (χ4v) is 3.39. The normalized spacial score (nSPS) is 16.2. The fourth-order valence-electron chi connectivity index (χ4n) is 3.39. The molecule has 1 aromatic heterocycles. The first kappa shape index (κ1) is 20.5. The van der Waals surface area contributed by atoms with Gasteiger partial charge in [0, 0.05) is 37.8 Å². The van der Waals surface area contributed by atoms with E-state index in [2.05, 4.69) is 15.6 Å². The van der Waals surface area contributed by atoms with Gasteiger partial charge < -0.3 is 15.5 Å². The van der Waals surface area contributed by atoms with E-state index < -0.39 is 0 Å². The zero-order chi connectivity index (χ0) is 20.6. The number of aromatic nitrogens is 1. The second-order valence-electron chi connectivity index (χ2n) is 7.21. The number of hydrogen-bond acceptors (Lipinski definition) is 4. The van der Waals surface area contributed by atoms with E-state index in [1.54, 1.807) is 35.4 Å². The van der Waals surface area contributed by atoms with Crippen LogP contribution in [0.2, 0.25) is 0 Å². The molecular formula is C22H26N4O3. The van der Waals surface area contributed by atoms with Gasteiger partial charge in [0.05, 0.1) is 5.92 Å². The second kappa shape index (κ2) is 9.82. The minimum Gasteiger partial charge on any atom is -0.352 e. The number of nitrogens with zero attached hydrogens (tertiary/aromatic N) is 2. The lowest BCUT2D eigenvalue weighted by molar-refractivity contribution is -0.134. The summed E-state index contributed by atoms with van der Waals surface area (Å²) in [7, 11) is 0. The number of pyridine rings is 1. The van der Waals surface area contributed by atoms with Crippen molar-refractivity contribution in [3.63, 3.8) is 0 Å². The molecule has 2 aromatic rings. The maximum absolute atomic E-state index is 12.6. The molecule has 0 saturated carbocycles. The number of hydrogen-bond donors (Lipinski definition) is 2. The van der Waals surface area contributed by atoms with Crippen molar-refractivity contribution in [1.29, 1.82) is 0 Å². The third kappa shape index (κ3) is 5.63. The Morgan fingerprint density at radius 2 is 1.93 bits per heavy atom. The first-order chi connectivity index (χ1) is 14.0. The number of carbonyl (C=O) groups is 3. The molecule has 1 aliphatic rings. The molecule has 3 rings (SSSR count). The maximum atomic E-state index is 12.6. The summed E-state index contributed by atoms with van der Waals surface area (Å²) in [5, 5.41) is 5.64. The number of piperidine rings is 1. The fraction of sp³-hybridized carbons (Fsp3) is 0.364. The quantitative estimate of drug-likeness (QED) is 0.787. The van der Waals surface area contributed by atoms with Crippen molar-refractivity contribution in [2.45, 2.75) is 26.2 Å². The van der Waals surface area contributed by atoms with Crippen LogP contribution in [0.5, 0.6) is 0 Å². The van der Waals surface area contributed by atoms with E-state index in [0.717, 1.165) is 18.4 Å². The van der Waals surface area contributed by atoms with Crippen LogP contribution in [-0.2, 0) is 9.59 Å². The van der Waals surface area contributed by atoms with Crippen LogP contribution in [0.3, 0.4) is 0 Å². The van der Waals surface area contributed by atoms with Crippen molar-refractivity contribution in [1.82, 2.24) is 15.2 Å². The number of likely N-dealkylation sites (tertiary alicyclic amines) is 1. The first-order valence-corrected chi connectivity index (χ1v) is 9.88. The molecule has 2 N–H and O–H groups in total. The summed E-state index contributed by atoms with van der Waals surface area (Å²) in [6, 6.07) is 12.6. The van der Waals surface area contributed by atoms with Crippen LogP contribution < -0.4 is 10.6 Å². The third-order valence-electron chi connectivity index (χ3n) is 5.06. The summed E-state index contributed by atoms with van der Waals surface area (Å²) in [5.74, 6) is -0.0517. The molecule has 0 aliphatic carbocycles. The van der Waals surface area contributed by atoms with Gasteiger partial charge in [0.25, 0.3) is 5.91 Å². The van der Waals surface area contributed by atoms with Crippen LogP contribution in [0, 0.1) is 12.8 Å². The standard InChI is InChI=1S/C22H26N4O3/c1-16-7-5-12-23-20(16)25-22(29)18-10-6-14-26(15-18)19(27)11-13-24-21(28)17-8-3-2-4-9-17/h2-5,7-9,12,18H,6,10-11,13-15H2,1H3,(H,24,28)(H,23,25,29). The lowest BCUT2D eigenvalue weighted by atomic mass is 9.96. The van der Waals surface area contributed by atoms with Gasteiger partial charge in [0.1, 0.15) is 5.82 Å². The molecule has 0 bridgehead atoms. The van der Waals surface area contributed by atoms with Crippen molar-refractivity contribution in [3.8, 4) is 0 Å². The van der Waals surface area contributed by atoms with E-state index >= 15 is 0 Å². The molecule has 7 heteroatoms. The second-order valence-corrected chi connectivity index (χ2v) is 7.21. The number of anilines is 1. The van der Waals surface area contributed by atoms with Crippen molar-refractivity contribution in [2.24, 2.45) is 5.92 Å². The number of benzene rings is 1. The van der Waals surface area contributed by atoms with Crippen LogP contribution in [0.15, 0.2) is 48.7 Å². The highest BCUT2D eigenvalue weighted by Gasteiger charge is 2.28. The Morgan fingerprint density at radius 3 is 2.69 bits per heavy atom. The minimum atomic E-state index is -0.256. The highest BCUT2D eigenvalue weighted by Crippen LogP contribution is 2.20. The largest absolute Gasteiger partial charge is 0.352 e. The zero-order valence-electron chi connectivity index (χ0n) is 16.6. The summed E-state index contributed by atoms with van der Waals surface area (Å²) >= 11 is 0. The molecule has 1 fully saturated rings. The van der Waals surface area contributed by atoms with E-state index in [1.165, 1.54) is 0 Å². The van der Waals surface area contributed by atoms with E-state index in [-0.39, 0.29) is 36.6 Å².